The molecule has 1 aliphatic carbocycles. The van der Waals surface area contributed by atoms with E-state index in [1.807, 2.05) is 19.9 Å². The molecule has 0 unspecified atom stereocenters. The Morgan fingerprint density at radius 1 is 1.37 bits per heavy atom. The Hall–Kier alpha value is -1.80. The Bertz CT molecular complexity index is 539. The highest BCUT2D eigenvalue weighted by molar-refractivity contribution is 5.57. The van der Waals surface area contributed by atoms with E-state index in [4.69, 9.17) is 4.74 Å². The van der Waals surface area contributed by atoms with Crippen molar-refractivity contribution in [2.45, 2.75) is 45.1 Å². The van der Waals surface area contributed by atoms with Crippen LogP contribution in [0.25, 0.3) is 0 Å². The Morgan fingerprint density at radius 2 is 2.00 bits per heavy atom. The molecule has 1 aromatic carbocycles. The number of carbonyl (C=O) groups excluding carboxylic acids is 1. The van der Waals surface area contributed by atoms with Crippen molar-refractivity contribution in [3.63, 3.8) is 0 Å². The van der Waals surface area contributed by atoms with Crippen molar-refractivity contribution in [3.8, 4) is 11.5 Å². The molecule has 4 heteroatoms. The smallest absolute Gasteiger partial charge is 0.235 e. The first-order valence-electron chi connectivity index (χ1n) is 6.52. The fourth-order valence-corrected chi connectivity index (χ4v) is 2.97. The third kappa shape index (κ3) is 2.13. The van der Waals surface area contributed by atoms with Gasteiger partial charge in [0.2, 0.25) is 6.08 Å². The first kappa shape index (κ1) is 13.6. The van der Waals surface area contributed by atoms with Crippen molar-refractivity contribution >= 4 is 6.08 Å². The molecule has 0 amide bonds. The van der Waals surface area contributed by atoms with E-state index in [0.717, 1.165) is 36.8 Å². The molecule has 1 fully saturated rings. The van der Waals surface area contributed by atoms with E-state index >= 15 is 0 Å². The summed E-state index contributed by atoms with van der Waals surface area (Å²) >= 11 is 0. The van der Waals surface area contributed by atoms with Crippen LogP contribution in [0.2, 0.25) is 0 Å². The van der Waals surface area contributed by atoms with Crippen LogP contribution in [0.15, 0.2) is 11.1 Å². The van der Waals surface area contributed by atoms with Crippen LogP contribution < -0.4 is 4.74 Å². The molecule has 0 atom stereocenters. The van der Waals surface area contributed by atoms with Gasteiger partial charge in [-0.05, 0) is 43.9 Å². The van der Waals surface area contributed by atoms with Gasteiger partial charge in [0.1, 0.15) is 5.54 Å². The summed E-state index contributed by atoms with van der Waals surface area (Å²) in [6.07, 6.45) is 5.20. The predicted octanol–water partition coefficient (Wildman–Crippen LogP) is 3.12. The van der Waals surface area contributed by atoms with Crippen molar-refractivity contribution in [1.82, 2.24) is 0 Å². The molecule has 0 bridgehead atoms. The van der Waals surface area contributed by atoms with Gasteiger partial charge in [-0.3, -0.25) is 0 Å². The maximum atomic E-state index is 10.8. The third-order valence-electron chi connectivity index (χ3n) is 4.16. The second-order valence-electron chi connectivity index (χ2n) is 5.19. The molecule has 1 N–H and O–H groups in total. The molecule has 1 aliphatic rings. The van der Waals surface area contributed by atoms with E-state index in [1.54, 1.807) is 6.08 Å². The number of isocyanates is 1. The highest BCUT2D eigenvalue weighted by Gasteiger charge is 2.39. The molecule has 2 rings (SSSR count). The SMILES string of the molecule is COc1c(C)c(C)cc(C2(N=C=O)CCCC2)c1O. The minimum atomic E-state index is -0.627. The lowest BCUT2D eigenvalue weighted by Gasteiger charge is -2.26. The zero-order chi connectivity index (χ0) is 14.0. The molecular formula is C15H19NO3. The van der Waals surface area contributed by atoms with E-state index in [0.29, 0.717) is 11.3 Å². The lowest BCUT2D eigenvalue weighted by atomic mass is 9.86. The molecule has 1 saturated carbocycles. The summed E-state index contributed by atoms with van der Waals surface area (Å²) in [5, 5.41) is 10.4. The maximum absolute atomic E-state index is 10.8. The number of methoxy groups -OCH3 is 1. The quantitative estimate of drug-likeness (QED) is 0.671. The van der Waals surface area contributed by atoms with Crippen LogP contribution in [0.4, 0.5) is 0 Å². The van der Waals surface area contributed by atoms with Gasteiger partial charge in [0.05, 0.1) is 7.11 Å². The number of benzene rings is 1. The minimum absolute atomic E-state index is 0.103. The van der Waals surface area contributed by atoms with Crippen molar-refractivity contribution in [1.29, 1.82) is 0 Å². The van der Waals surface area contributed by atoms with E-state index in [1.165, 1.54) is 7.11 Å². The van der Waals surface area contributed by atoms with Gasteiger partial charge < -0.3 is 9.84 Å². The van der Waals surface area contributed by atoms with Gasteiger partial charge in [0, 0.05) is 5.56 Å². The van der Waals surface area contributed by atoms with E-state index in [9.17, 15) is 9.90 Å². The van der Waals surface area contributed by atoms with Gasteiger partial charge >= 0.3 is 0 Å². The molecular weight excluding hydrogens is 242 g/mol. The number of phenols is 1. The number of hydrogen-bond donors (Lipinski definition) is 1. The lowest BCUT2D eigenvalue weighted by molar-refractivity contribution is 0.353. The summed E-state index contributed by atoms with van der Waals surface area (Å²) in [5.41, 5.74) is 2.00. The number of aromatic hydroxyl groups is 1. The molecule has 0 spiro atoms. The summed E-state index contributed by atoms with van der Waals surface area (Å²) in [7, 11) is 1.54. The fraction of sp³-hybridized carbons (Fsp3) is 0.533. The Morgan fingerprint density at radius 3 is 2.53 bits per heavy atom. The maximum Gasteiger partial charge on any atom is 0.235 e. The van der Waals surface area contributed by atoms with Gasteiger partial charge in [-0.15, -0.1) is 0 Å². The minimum Gasteiger partial charge on any atom is -0.504 e. The molecule has 19 heavy (non-hydrogen) atoms. The first-order chi connectivity index (χ1) is 9.05. The largest absolute Gasteiger partial charge is 0.504 e. The Kier molecular flexibility index (Phi) is 3.63. The van der Waals surface area contributed by atoms with Crippen LogP contribution >= 0.6 is 0 Å². The molecule has 0 aromatic heterocycles. The van der Waals surface area contributed by atoms with Gasteiger partial charge in [-0.25, -0.2) is 4.79 Å². The molecule has 0 saturated heterocycles. The van der Waals surface area contributed by atoms with E-state index < -0.39 is 5.54 Å². The predicted molar refractivity (Wildman–Crippen MR) is 72.4 cm³/mol. The molecule has 4 nitrogen and oxygen atoms in total. The average molecular weight is 261 g/mol. The number of aliphatic imine (C=N–C) groups is 1. The number of rotatable bonds is 3. The van der Waals surface area contributed by atoms with Gasteiger partial charge in [-0.2, -0.15) is 4.99 Å². The second-order valence-corrected chi connectivity index (χ2v) is 5.19. The van der Waals surface area contributed by atoms with Crippen LogP contribution in [0.1, 0.15) is 42.4 Å². The average Bonchev–Trinajstić information content (AvgIpc) is 2.84. The van der Waals surface area contributed by atoms with Gasteiger partial charge in [0.15, 0.2) is 11.5 Å². The Labute approximate surface area is 113 Å². The molecule has 102 valence electrons. The van der Waals surface area contributed by atoms with Crippen LogP contribution in [0.3, 0.4) is 0 Å². The standard InChI is InChI=1S/C15H19NO3/c1-10-8-12(13(18)14(19-3)11(10)2)15(16-9-17)6-4-5-7-15/h8,18H,4-7H2,1-3H3. The first-order valence-corrected chi connectivity index (χ1v) is 6.52. The van der Waals surface area contributed by atoms with Crippen molar-refractivity contribution in [3.05, 3.63) is 22.8 Å². The highest BCUT2D eigenvalue weighted by Crippen LogP contribution is 2.49. The summed E-state index contributed by atoms with van der Waals surface area (Å²) in [5.74, 6) is 0.578. The van der Waals surface area contributed by atoms with Crippen LogP contribution in [-0.2, 0) is 10.3 Å². The van der Waals surface area contributed by atoms with Gasteiger partial charge in [-0.1, -0.05) is 12.8 Å². The molecule has 0 heterocycles. The summed E-state index contributed by atoms with van der Waals surface area (Å²) in [6.45, 7) is 3.87. The summed E-state index contributed by atoms with van der Waals surface area (Å²) < 4.78 is 5.29. The second kappa shape index (κ2) is 5.06. The summed E-state index contributed by atoms with van der Waals surface area (Å²) in [4.78, 5) is 14.8. The highest BCUT2D eigenvalue weighted by atomic mass is 16.5. The number of phenolic OH excluding ortho intramolecular Hbond substituents is 1. The van der Waals surface area contributed by atoms with Gasteiger partial charge in [0.25, 0.3) is 0 Å². The zero-order valence-corrected chi connectivity index (χ0v) is 11.6. The third-order valence-corrected chi connectivity index (χ3v) is 4.16. The topological polar surface area (TPSA) is 58.9 Å². The number of hydrogen-bond acceptors (Lipinski definition) is 4. The Balaban J connectivity index is 2.67. The fourth-order valence-electron chi connectivity index (χ4n) is 2.97. The summed E-state index contributed by atoms with van der Waals surface area (Å²) in [6, 6.07) is 1.92. The van der Waals surface area contributed by atoms with Crippen molar-refractivity contribution in [2.75, 3.05) is 7.11 Å². The van der Waals surface area contributed by atoms with Crippen LogP contribution in [-0.4, -0.2) is 18.3 Å². The number of aryl methyl sites for hydroxylation is 1. The van der Waals surface area contributed by atoms with Crippen LogP contribution in [0.5, 0.6) is 11.5 Å². The molecule has 0 radical (unpaired) electrons. The zero-order valence-electron chi connectivity index (χ0n) is 11.6. The molecule has 0 aliphatic heterocycles. The monoisotopic (exact) mass is 261 g/mol. The van der Waals surface area contributed by atoms with E-state index in [-0.39, 0.29) is 5.75 Å². The number of nitrogens with zero attached hydrogens (tertiary/aromatic N) is 1. The van der Waals surface area contributed by atoms with Crippen molar-refractivity contribution < 1.29 is 14.6 Å². The number of ether oxygens (including phenoxy) is 1. The van der Waals surface area contributed by atoms with Crippen molar-refractivity contribution in [2.24, 2.45) is 4.99 Å². The molecule has 1 aromatic rings. The lowest BCUT2D eigenvalue weighted by Crippen LogP contribution is -2.19. The normalized spacial score (nSPS) is 17.0. The van der Waals surface area contributed by atoms with Crippen LogP contribution in [0, 0.1) is 13.8 Å². The van der Waals surface area contributed by atoms with E-state index in [2.05, 4.69) is 4.99 Å².